The molecule has 0 aliphatic carbocycles. The number of carbonyl (C=O) groups is 1. The lowest BCUT2D eigenvalue weighted by atomic mass is 10.1. The average molecular weight is 302 g/mol. The van der Waals surface area contributed by atoms with Crippen molar-refractivity contribution in [3.8, 4) is 0 Å². The molecule has 0 unspecified atom stereocenters. The minimum atomic E-state index is -0.0532. The molecular formula is C15H18N4O3. The molecule has 1 atom stereocenters. The normalized spacial score (nSPS) is 18.4. The van der Waals surface area contributed by atoms with Crippen LogP contribution in [0.2, 0.25) is 0 Å². The Morgan fingerprint density at radius 3 is 3.14 bits per heavy atom. The molecule has 2 aromatic heterocycles. The Morgan fingerprint density at radius 1 is 1.50 bits per heavy atom. The van der Waals surface area contributed by atoms with E-state index >= 15 is 0 Å². The van der Waals surface area contributed by atoms with Crippen molar-refractivity contribution >= 4 is 5.91 Å². The molecule has 1 fully saturated rings. The van der Waals surface area contributed by atoms with E-state index in [1.165, 1.54) is 0 Å². The fourth-order valence-corrected chi connectivity index (χ4v) is 2.50. The number of carbonyl (C=O) groups excluding carboxylic acids is 1. The highest BCUT2D eigenvalue weighted by Crippen LogP contribution is 2.16. The SMILES string of the molecule is Cc1noc(CO[C@H]2CCCN(C(=O)c3ccccn3)C2)n1. The summed E-state index contributed by atoms with van der Waals surface area (Å²) in [5.74, 6) is 1.00. The van der Waals surface area contributed by atoms with Crippen LogP contribution in [-0.2, 0) is 11.3 Å². The van der Waals surface area contributed by atoms with Crippen LogP contribution in [0.4, 0.5) is 0 Å². The molecule has 0 aromatic carbocycles. The van der Waals surface area contributed by atoms with Crippen LogP contribution in [0, 0.1) is 6.92 Å². The van der Waals surface area contributed by atoms with Crippen LogP contribution in [0.5, 0.6) is 0 Å². The van der Waals surface area contributed by atoms with E-state index in [0.29, 0.717) is 24.0 Å². The Kier molecular flexibility index (Phi) is 4.43. The molecule has 7 heteroatoms. The molecule has 0 spiro atoms. The molecule has 0 saturated carbocycles. The number of hydrogen-bond acceptors (Lipinski definition) is 6. The van der Waals surface area contributed by atoms with Crippen molar-refractivity contribution in [1.29, 1.82) is 0 Å². The summed E-state index contributed by atoms with van der Waals surface area (Å²) in [7, 11) is 0. The Labute approximate surface area is 128 Å². The van der Waals surface area contributed by atoms with Gasteiger partial charge in [0.25, 0.3) is 11.8 Å². The van der Waals surface area contributed by atoms with E-state index in [1.54, 1.807) is 30.2 Å². The monoisotopic (exact) mass is 302 g/mol. The van der Waals surface area contributed by atoms with E-state index in [-0.39, 0.29) is 18.6 Å². The van der Waals surface area contributed by atoms with Crippen molar-refractivity contribution < 1.29 is 14.1 Å². The zero-order valence-electron chi connectivity index (χ0n) is 12.4. The number of likely N-dealkylation sites (tertiary alicyclic amines) is 1. The molecule has 1 aliphatic rings. The van der Waals surface area contributed by atoms with E-state index in [1.807, 2.05) is 6.07 Å². The van der Waals surface area contributed by atoms with E-state index in [9.17, 15) is 4.79 Å². The molecule has 116 valence electrons. The summed E-state index contributed by atoms with van der Waals surface area (Å²) in [6.45, 7) is 3.33. The zero-order chi connectivity index (χ0) is 15.4. The lowest BCUT2D eigenvalue weighted by Crippen LogP contribution is -2.43. The predicted octanol–water partition coefficient (Wildman–Crippen LogP) is 1.59. The van der Waals surface area contributed by atoms with Gasteiger partial charge in [0.05, 0.1) is 6.10 Å². The van der Waals surface area contributed by atoms with E-state index < -0.39 is 0 Å². The number of pyridine rings is 1. The molecule has 1 amide bonds. The first kappa shape index (κ1) is 14.6. The minimum Gasteiger partial charge on any atom is -0.367 e. The van der Waals surface area contributed by atoms with Crippen LogP contribution >= 0.6 is 0 Å². The molecule has 7 nitrogen and oxygen atoms in total. The number of aromatic nitrogens is 3. The number of ether oxygens (including phenoxy) is 1. The number of aryl methyl sites for hydroxylation is 1. The second-order valence-corrected chi connectivity index (χ2v) is 5.28. The van der Waals surface area contributed by atoms with Gasteiger partial charge in [-0.25, -0.2) is 0 Å². The second kappa shape index (κ2) is 6.65. The topological polar surface area (TPSA) is 81.4 Å². The summed E-state index contributed by atoms with van der Waals surface area (Å²) >= 11 is 0. The molecule has 0 bridgehead atoms. The smallest absolute Gasteiger partial charge is 0.272 e. The van der Waals surface area contributed by atoms with Gasteiger partial charge in [0.2, 0.25) is 0 Å². The van der Waals surface area contributed by atoms with Crippen molar-refractivity contribution in [1.82, 2.24) is 20.0 Å². The molecule has 3 rings (SSSR count). The van der Waals surface area contributed by atoms with Crippen molar-refractivity contribution in [3.63, 3.8) is 0 Å². The highest BCUT2D eigenvalue weighted by molar-refractivity contribution is 5.92. The number of amides is 1. The Morgan fingerprint density at radius 2 is 2.41 bits per heavy atom. The number of hydrogen-bond donors (Lipinski definition) is 0. The fourth-order valence-electron chi connectivity index (χ4n) is 2.50. The third kappa shape index (κ3) is 3.48. The Balaban J connectivity index is 1.56. The van der Waals surface area contributed by atoms with E-state index in [2.05, 4.69) is 15.1 Å². The highest BCUT2D eigenvalue weighted by Gasteiger charge is 2.25. The van der Waals surface area contributed by atoms with E-state index in [4.69, 9.17) is 9.26 Å². The first-order valence-corrected chi connectivity index (χ1v) is 7.33. The lowest BCUT2D eigenvalue weighted by Gasteiger charge is -2.32. The number of rotatable bonds is 4. The van der Waals surface area contributed by atoms with Gasteiger partial charge in [-0.1, -0.05) is 11.2 Å². The maximum atomic E-state index is 12.4. The van der Waals surface area contributed by atoms with Crippen LogP contribution in [0.3, 0.4) is 0 Å². The first-order valence-electron chi connectivity index (χ1n) is 7.33. The molecular weight excluding hydrogens is 284 g/mol. The molecule has 22 heavy (non-hydrogen) atoms. The van der Waals surface area contributed by atoms with Gasteiger partial charge in [-0.2, -0.15) is 4.98 Å². The van der Waals surface area contributed by atoms with Gasteiger partial charge >= 0.3 is 0 Å². The summed E-state index contributed by atoms with van der Waals surface area (Å²) in [6, 6.07) is 5.34. The standard InChI is InChI=1S/C15H18N4O3/c1-11-17-14(22-18-11)10-21-12-5-4-8-19(9-12)15(20)13-6-2-3-7-16-13/h2-3,6-7,12H,4-5,8-10H2,1H3/t12-/m0/s1. The molecule has 1 saturated heterocycles. The summed E-state index contributed by atoms with van der Waals surface area (Å²) < 4.78 is 10.8. The highest BCUT2D eigenvalue weighted by atomic mass is 16.5. The van der Waals surface area contributed by atoms with Gasteiger partial charge in [-0.3, -0.25) is 9.78 Å². The molecule has 0 N–H and O–H groups in total. The van der Waals surface area contributed by atoms with Gasteiger partial charge in [-0.15, -0.1) is 0 Å². The lowest BCUT2D eigenvalue weighted by molar-refractivity contribution is -0.0155. The summed E-state index contributed by atoms with van der Waals surface area (Å²) in [4.78, 5) is 22.4. The van der Waals surface area contributed by atoms with Crippen molar-refractivity contribution in [3.05, 3.63) is 41.8 Å². The Hall–Kier alpha value is -2.28. The quantitative estimate of drug-likeness (QED) is 0.853. The van der Waals surface area contributed by atoms with Gasteiger partial charge in [0.1, 0.15) is 12.3 Å². The molecule has 1 aliphatic heterocycles. The van der Waals surface area contributed by atoms with Crippen LogP contribution in [0.15, 0.2) is 28.9 Å². The van der Waals surface area contributed by atoms with Crippen molar-refractivity contribution in [2.45, 2.75) is 32.5 Å². The molecule has 2 aromatic rings. The fraction of sp³-hybridized carbons (Fsp3) is 0.467. The predicted molar refractivity (Wildman–Crippen MR) is 77.0 cm³/mol. The molecule has 0 radical (unpaired) electrons. The van der Waals surface area contributed by atoms with Crippen LogP contribution in [0.25, 0.3) is 0 Å². The molecule has 3 heterocycles. The summed E-state index contributed by atoms with van der Waals surface area (Å²) in [5, 5.41) is 3.72. The van der Waals surface area contributed by atoms with Crippen LogP contribution in [-0.4, -0.2) is 45.1 Å². The third-order valence-corrected chi connectivity index (χ3v) is 3.56. The minimum absolute atomic E-state index is 0.0198. The van der Waals surface area contributed by atoms with Crippen LogP contribution < -0.4 is 0 Å². The maximum absolute atomic E-state index is 12.4. The summed E-state index contributed by atoms with van der Waals surface area (Å²) in [5.41, 5.74) is 0.468. The third-order valence-electron chi connectivity index (χ3n) is 3.56. The zero-order valence-corrected chi connectivity index (χ0v) is 12.4. The largest absolute Gasteiger partial charge is 0.367 e. The first-order chi connectivity index (χ1) is 10.7. The number of nitrogens with zero attached hydrogens (tertiary/aromatic N) is 4. The van der Waals surface area contributed by atoms with E-state index in [0.717, 1.165) is 19.4 Å². The maximum Gasteiger partial charge on any atom is 0.272 e. The Bertz CT molecular complexity index is 629. The van der Waals surface area contributed by atoms with Gasteiger partial charge in [0, 0.05) is 19.3 Å². The van der Waals surface area contributed by atoms with Crippen molar-refractivity contribution in [2.24, 2.45) is 0 Å². The van der Waals surface area contributed by atoms with Crippen LogP contribution in [0.1, 0.15) is 35.0 Å². The summed E-state index contributed by atoms with van der Waals surface area (Å²) in [6.07, 6.45) is 3.43. The second-order valence-electron chi connectivity index (χ2n) is 5.28. The van der Waals surface area contributed by atoms with Gasteiger partial charge < -0.3 is 14.2 Å². The average Bonchev–Trinajstić information content (AvgIpc) is 2.99. The van der Waals surface area contributed by atoms with Crippen molar-refractivity contribution in [2.75, 3.05) is 13.1 Å². The number of piperidine rings is 1. The van der Waals surface area contributed by atoms with Gasteiger partial charge in [-0.05, 0) is 31.9 Å². The van der Waals surface area contributed by atoms with Gasteiger partial charge in [0.15, 0.2) is 5.82 Å².